The van der Waals surface area contributed by atoms with E-state index in [-0.39, 0.29) is 0 Å². The van der Waals surface area contributed by atoms with Gasteiger partial charge in [0, 0.05) is 42.9 Å². The van der Waals surface area contributed by atoms with Crippen molar-refractivity contribution in [2.24, 2.45) is 4.99 Å². The molecule has 6 heteroatoms. The van der Waals surface area contributed by atoms with Gasteiger partial charge in [-0.05, 0) is 49.2 Å². The molecule has 0 N–H and O–H groups in total. The number of nitrogens with zero attached hydrogens (tertiary/aromatic N) is 3. The zero-order valence-corrected chi connectivity index (χ0v) is 17.1. The van der Waals surface area contributed by atoms with Gasteiger partial charge in [0.2, 0.25) is 0 Å². The van der Waals surface area contributed by atoms with Gasteiger partial charge in [0.15, 0.2) is 0 Å². The van der Waals surface area contributed by atoms with Gasteiger partial charge >= 0.3 is 0 Å². The molecule has 0 spiro atoms. The summed E-state index contributed by atoms with van der Waals surface area (Å²) < 4.78 is 0. The first-order chi connectivity index (χ1) is 11.8. The average molecular weight is 399 g/mol. The molecule has 2 rings (SSSR count). The lowest BCUT2D eigenvalue weighted by Gasteiger charge is -2.23. The number of rotatable bonds is 6. The van der Waals surface area contributed by atoms with Crippen LogP contribution in [0.5, 0.6) is 0 Å². The van der Waals surface area contributed by atoms with Gasteiger partial charge in [0.05, 0.1) is 17.0 Å². The molecular formula is C19H22Cl3N3. The van der Waals surface area contributed by atoms with E-state index in [2.05, 4.69) is 16.8 Å². The topological polar surface area (TPSA) is 18.8 Å². The lowest BCUT2D eigenvalue weighted by molar-refractivity contribution is 0.552. The molecule has 2 aromatic carbocycles. The van der Waals surface area contributed by atoms with Crippen molar-refractivity contribution < 1.29 is 0 Å². The lowest BCUT2D eigenvalue weighted by Crippen LogP contribution is -2.17. The Hall–Kier alpha value is -1.42. The summed E-state index contributed by atoms with van der Waals surface area (Å²) in [4.78, 5) is 8.57. The van der Waals surface area contributed by atoms with Crippen molar-refractivity contribution in [2.75, 3.05) is 25.5 Å². The quantitative estimate of drug-likeness (QED) is 0.426. The zero-order valence-electron chi connectivity index (χ0n) is 14.9. The highest BCUT2D eigenvalue weighted by Gasteiger charge is 2.11. The van der Waals surface area contributed by atoms with E-state index in [0.717, 1.165) is 29.0 Å². The minimum absolute atomic E-state index is 0.621. The molecule has 134 valence electrons. The minimum atomic E-state index is 0.621. The third-order valence-corrected chi connectivity index (χ3v) is 4.88. The molecule has 0 aliphatic carbocycles. The van der Waals surface area contributed by atoms with Crippen molar-refractivity contribution in [3.8, 4) is 0 Å². The largest absolute Gasteiger partial charge is 0.370 e. The van der Waals surface area contributed by atoms with E-state index in [1.807, 2.05) is 50.2 Å². The maximum absolute atomic E-state index is 6.42. The number of benzene rings is 2. The average Bonchev–Trinajstić information content (AvgIpc) is 2.57. The van der Waals surface area contributed by atoms with Crippen LogP contribution in [0.1, 0.15) is 18.1 Å². The maximum atomic E-state index is 6.42. The van der Waals surface area contributed by atoms with Gasteiger partial charge in [-0.2, -0.15) is 0 Å². The molecule has 25 heavy (non-hydrogen) atoms. The Bertz CT molecular complexity index is 775. The van der Waals surface area contributed by atoms with E-state index in [1.165, 1.54) is 0 Å². The van der Waals surface area contributed by atoms with Crippen LogP contribution in [0.3, 0.4) is 0 Å². The highest BCUT2D eigenvalue weighted by atomic mass is 35.5. The number of anilines is 1. The summed E-state index contributed by atoms with van der Waals surface area (Å²) >= 11 is 18.7. The number of hydrogen-bond acceptors (Lipinski definition) is 2. The molecule has 0 heterocycles. The van der Waals surface area contributed by atoms with Gasteiger partial charge in [-0.3, -0.25) is 0 Å². The molecule has 2 aromatic rings. The molecule has 0 aromatic heterocycles. The fourth-order valence-electron chi connectivity index (χ4n) is 2.40. The molecule has 0 aliphatic rings. The van der Waals surface area contributed by atoms with E-state index >= 15 is 0 Å². The molecule has 0 fully saturated rings. The van der Waals surface area contributed by atoms with E-state index in [0.29, 0.717) is 21.6 Å². The van der Waals surface area contributed by atoms with E-state index in [4.69, 9.17) is 34.8 Å². The molecule has 0 bridgehead atoms. The first kappa shape index (κ1) is 19.9. The Balaban J connectivity index is 2.24. The zero-order chi connectivity index (χ0) is 18.6. The van der Waals surface area contributed by atoms with E-state index in [1.54, 1.807) is 12.4 Å². The van der Waals surface area contributed by atoms with Crippen LogP contribution in [0.2, 0.25) is 15.1 Å². The second-order valence-electron chi connectivity index (χ2n) is 6.00. The summed E-state index contributed by atoms with van der Waals surface area (Å²) in [6, 6.07) is 9.49. The first-order valence-corrected chi connectivity index (χ1v) is 9.14. The van der Waals surface area contributed by atoms with Crippen LogP contribution in [-0.2, 0) is 6.54 Å². The second-order valence-corrected chi connectivity index (χ2v) is 7.25. The molecule has 0 saturated carbocycles. The van der Waals surface area contributed by atoms with Crippen LogP contribution >= 0.6 is 34.8 Å². The highest BCUT2D eigenvalue weighted by molar-refractivity contribution is 6.35. The summed E-state index contributed by atoms with van der Waals surface area (Å²) in [7, 11) is 3.99. The first-order valence-electron chi connectivity index (χ1n) is 8.01. The van der Waals surface area contributed by atoms with Crippen LogP contribution < -0.4 is 4.90 Å². The van der Waals surface area contributed by atoms with Gasteiger partial charge in [0.1, 0.15) is 0 Å². The van der Waals surface area contributed by atoms with E-state index < -0.39 is 0 Å². The Labute approximate surface area is 164 Å². The number of halogens is 3. The Morgan fingerprint density at radius 1 is 1.04 bits per heavy atom. The molecule has 0 aliphatic heterocycles. The van der Waals surface area contributed by atoms with Gasteiger partial charge < -0.3 is 9.80 Å². The smallest absolute Gasteiger partial charge is 0.0910 e. The van der Waals surface area contributed by atoms with Crippen LogP contribution in [0.25, 0.3) is 0 Å². The molecule has 0 atom stereocenters. The summed E-state index contributed by atoms with van der Waals surface area (Å²) in [5, 5.41) is 1.91. The predicted molar refractivity (Wildman–Crippen MR) is 111 cm³/mol. The van der Waals surface area contributed by atoms with Crippen molar-refractivity contribution in [1.29, 1.82) is 0 Å². The van der Waals surface area contributed by atoms with Crippen LogP contribution in [0.4, 0.5) is 11.4 Å². The summed E-state index contributed by atoms with van der Waals surface area (Å²) in [6.45, 7) is 5.67. The van der Waals surface area contributed by atoms with Gasteiger partial charge in [-0.25, -0.2) is 4.99 Å². The molecule has 0 saturated heterocycles. The van der Waals surface area contributed by atoms with Gasteiger partial charge in [0.25, 0.3) is 0 Å². The minimum Gasteiger partial charge on any atom is -0.370 e. The molecule has 0 amide bonds. The van der Waals surface area contributed by atoms with Crippen molar-refractivity contribution in [1.82, 2.24) is 4.90 Å². The predicted octanol–water partition coefficient (Wildman–Crippen LogP) is 6.20. The summed E-state index contributed by atoms with van der Waals surface area (Å²) in [5.74, 6) is 0. The Kier molecular flexibility index (Phi) is 7.00. The van der Waals surface area contributed by atoms with Crippen LogP contribution in [0.15, 0.2) is 35.3 Å². The fourth-order valence-corrected chi connectivity index (χ4v) is 3.07. The van der Waals surface area contributed by atoms with Crippen molar-refractivity contribution in [3.63, 3.8) is 0 Å². The lowest BCUT2D eigenvalue weighted by atomic mass is 10.1. The fraction of sp³-hybridized carbons (Fsp3) is 0.316. The number of hydrogen-bond donors (Lipinski definition) is 0. The number of aryl methyl sites for hydroxylation is 1. The van der Waals surface area contributed by atoms with Gasteiger partial charge in [-0.15, -0.1) is 0 Å². The van der Waals surface area contributed by atoms with E-state index in [9.17, 15) is 0 Å². The third-order valence-electron chi connectivity index (χ3n) is 3.99. The van der Waals surface area contributed by atoms with Crippen molar-refractivity contribution in [3.05, 3.63) is 56.5 Å². The van der Waals surface area contributed by atoms with Gasteiger partial charge in [-0.1, -0.05) is 40.9 Å². The molecular weight excluding hydrogens is 377 g/mol. The normalized spacial score (nSPS) is 11.2. The monoisotopic (exact) mass is 397 g/mol. The Morgan fingerprint density at radius 3 is 2.40 bits per heavy atom. The highest BCUT2D eigenvalue weighted by Crippen LogP contribution is 2.33. The molecule has 3 nitrogen and oxygen atoms in total. The second kappa shape index (κ2) is 8.79. The summed E-state index contributed by atoms with van der Waals surface area (Å²) in [6.07, 6.45) is 1.79. The Morgan fingerprint density at radius 2 is 1.76 bits per heavy atom. The van der Waals surface area contributed by atoms with Crippen LogP contribution in [-0.4, -0.2) is 31.9 Å². The standard InChI is InChI=1S/C19H22Cl3N3/c1-5-24(3)12-23-18-8-13(2)19(10-17(18)22)25(4)11-14-6-7-15(20)9-16(14)21/h6-10,12H,5,11H2,1-4H3. The van der Waals surface area contributed by atoms with Crippen molar-refractivity contribution in [2.45, 2.75) is 20.4 Å². The van der Waals surface area contributed by atoms with Crippen LogP contribution in [0, 0.1) is 6.92 Å². The van der Waals surface area contributed by atoms with Crippen molar-refractivity contribution >= 4 is 52.5 Å². The summed E-state index contributed by atoms with van der Waals surface area (Å²) in [5.41, 5.74) is 3.92. The third kappa shape index (κ3) is 5.27. The molecule has 0 unspecified atom stereocenters. The SMILES string of the molecule is CCN(C)C=Nc1cc(C)c(N(C)Cc2ccc(Cl)cc2Cl)cc1Cl. The number of aliphatic imine (C=N–C) groups is 1. The molecule has 0 radical (unpaired) electrons. The maximum Gasteiger partial charge on any atom is 0.0910 e.